The zero-order valence-electron chi connectivity index (χ0n) is 14.7. The molecule has 1 aliphatic rings. The third kappa shape index (κ3) is 4.13. The first-order chi connectivity index (χ1) is 10.1. The van der Waals surface area contributed by atoms with Crippen molar-refractivity contribution in [2.75, 3.05) is 6.61 Å². The molecule has 0 heterocycles. The maximum atomic E-state index is 11.6. The van der Waals surface area contributed by atoms with E-state index in [2.05, 4.69) is 39.9 Å². The fourth-order valence-electron chi connectivity index (χ4n) is 2.27. The Bertz CT molecular complexity index is 473. The molecule has 0 spiro atoms. The van der Waals surface area contributed by atoms with Crippen LogP contribution in [0.2, 0.25) is 18.1 Å². The van der Waals surface area contributed by atoms with Gasteiger partial charge in [0.05, 0.1) is 30.8 Å². The molecule has 2 unspecified atom stereocenters. The maximum Gasteiger partial charge on any atom is 0.306 e. The molecule has 4 nitrogen and oxygen atoms in total. The number of rotatable bonds is 6. The van der Waals surface area contributed by atoms with Crippen molar-refractivity contribution in [3.63, 3.8) is 0 Å². The summed E-state index contributed by atoms with van der Waals surface area (Å²) in [5.74, 6) is -0.179. The van der Waals surface area contributed by atoms with Crippen LogP contribution in [0, 0.1) is 22.7 Å². The van der Waals surface area contributed by atoms with E-state index in [1.165, 1.54) is 0 Å². The summed E-state index contributed by atoms with van der Waals surface area (Å²) >= 11 is 0. The average molecular weight is 324 g/mol. The van der Waals surface area contributed by atoms with Crippen LogP contribution in [0.15, 0.2) is 12.3 Å². The molecule has 1 rings (SSSR count). The Labute approximate surface area is 135 Å². The smallest absolute Gasteiger partial charge is 0.306 e. The number of ether oxygens (including phenoxy) is 1. The lowest BCUT2D eigenvalue weighted by atomic mass is 9.60. The second-order valence-corrected chi connectivity index (χ2v) is 12.3. The van der Waals surface area contributed by atoms with Crippen molar-refractivity contribution < 1.29 is 14.0 Å². The van der Waals surface area contributed by atoms with E-state index in [0.29, 0.717) is 13.0 Å². The third-order valence-corrected chi connectivity index (χ3v) is 9.43. The van der Waals surface area contributed by atoms with Gasteiger partial charge in [0, 0.05) is 0 Å². The third-order valence-electron chi connectivity index (χ3n) is 5.10. The molecule has 0 aromatic rings. The maximum absolute atomic E-state index is 11.6. The molecule has 2 atom stereocenters. The molecular formula is C17H29NO3Si. The van der Waals surface area contributed by atoms with Crippen LogP contribution in [-0.2, 0) is 14.0 Å². The molecule has 5 heteroatoms. The Morgan fingerprint density at radius 3 is 2.50 bits per heavy atom. The standard InChI is InChI=1S/C17H29NO3Si/c1-7-20-15(19)12-14-8-9-17(14,13-18)10-11-21-22(5,6)16(2,3)4/h10-11,14H,7-9,12H2,1-6H3/b11-10+. The van der Waals surface area contributed by atoms with Crippen molar-refractivity contribution in [1.82, 2.24) is 0 Å². The van der Waals surface area contributed by atoms with Crippen molar-refractivity contribution in [2.24, 2.45) is 11.3 Å². The molecule has 124 valence electrons. The largest absolute Gasteiger partial charge is 0.549 e. The van der Waals surface area contributed by atoms with E-state index >= 15 is 0 Å². The van der Waals surface area contributed by atoms with Crippen molar-refractivity contribution in [3.8, 4) is 6.07 Å². The van der Waals surface area contributed by atoms with Gasteiger partial charge in [-0.1, -0.05) is 20.8 Å². The second kappa shape index (κ2) is 6.87. The fraction of sp³-hybridized carbons (Fsp3) is 0.765. The quantitative estimate of drug-likeness (QED) is 0.413. The number of allylic oxidation sites excluding steroid dienone is 1. The zero-order chi connectivity index (χ0) is 17.0. The Balaban J connectivity index is 2.71. The molecule has 0 aromatic heterocycles. The molecule has 0 amide bonds. The van der Waals surface area contributed by atoms with Crippen molar-refractivity contribution in [3.05, 3.63) is 12.3 Å². The predicted octanol–water partition coefficient (Wildman–Crippen LogP) is 4.40. The molecule has 0 bridgehead atoms. The summed E-state index contributed by atoms with van der Waals surface area (Å²) < 4.78 is 11.0. The van der Waals surface area contributed by atoms with Gasteiger partial charge >= 0.3 is 5.97 Å². The number of carbonyl (C=O) groups excluding carboxylic acids is 1. The number of hydrogen-bond acceptors (Lipinski definition) is 4. The lowest BCUT2D eigenvalue weighted by molar-refractivity contribution is -0.146. The molecule has 1 aliphatic carbocycles. The minimum atomic E-state index is -1.86. The van der Waals surface area contributed by atoms with E-state index in [1.807, 2.05) is 6.08 Å². The van der Waals surface area contributed by atoms with Gasteiger partial charge in [0.25, 0.3) is 0 Å². The summed E-state index contributed by atoms with van der Waals surface area (Å²) in [6.45, 7) is 13.1. The number of carbonyl (C=O) groups is 1. The molecule has 0 aliphatic heterocycles. The van der Waals surface area contributed by atoms with E-state index in [0.717, 1.165) is 12.8 Å². The van der Waals surface area contributed by atoms with Gasteiger partial charge in [-0.3, -0.25) is 4.79 Å². The Morgan fingerprint density at radius 1 is 1.45 bits per heavy atom. The lowest BCUT2D eigenvalue weighted by Gasteiger charge is -2.42. The highest BCUT2D eigenvalue weighted by Crippen LogP contribution is 2.49. The minimum Gasteiger partial charge on any atom is -0.549 e. The SMILES string of the molecule is CCOC(=O)CC1CCC1(C#N)/C=C/O[Si](C)(C)C(C)(C)C. The molecule has 1 fully saturated rings. The van der Waals surface area contributed by atoms with Crippen LogP contribution in [0.3, 0.4) is 0 Å². The molecule has 0 saturated heterocycles. The number of nitrogens with zero attached hydrogens (tertiary/aromatic N) is 1. The van der Waals surface area contributed by atoms with Gasteiger partial charge in [-0.05, 0) is 49.9 Å². The van der Waals surface area contributed by atoms with Crippen molar-refractivity contribution in [1.29, 1.82) is 5.26 Å². The molecular weight excluding hydrogens is 294 g/mol. The van der Waals surface area contributed by atoms with Crippen LogP contribution in [0.5, 0.6) is 0 Å². The molecule has 0 N–H and O–H groups in total. The van der Waals surface area contributed by atoms with Gasteiger partial charge in [-0.2, -0.15) is 5.26 Å². The normalized spacial score (nSPS) is 25.4. The predicted molar refractivity (Wildman–Crippen MR) is 89.4 cm³/mol. The van der Waals surface area contributed by atoms with Crippen LogP contribution in [-0.4, -0.2) is 20.9 Å². The van der Waals surface area contributed by atoms with E-state index in [1.54, 1.807) is 13.2 Å². The zero-order valence-corrected chi connectivity index (χ0v) is 15.7. The van der Waals surface area contributed by atoms with Crippen molar-refractivity contribution in [2.45, 2.75) is 65.1 Å². The fourth-order valence-corrected chi connectivity index (χ4v) is 3.03. The second-order valence-electron chi connectivity index (χ2n) is 7.58. The van der Waals surface area contributed by atoms with Crippen LogP contribution >= 0.6 is 0 Å². The van der Waals surface area contributed by atoms with E-state index in [4.69, 9.17) is 9.16 Å². The van der Waals surface area contributed by atoms with Gasteiger partial charge in [0.2, 0.25) is 8.32 Å². The number of hydrogen-bond donors (Lipinski definition) is 0. The van der Waals surface area contributed by atoms with Gasteiger partial charge in [-0.15, -0.1) is 0 Å². The van der Waals surface area contributed by atoms with Gasteiger partial charge in [0.1, 0.15) is 0 Å². The van der Waals surface area contributed by atoms with Crippen LogP contribution in [0.1, 0.15) is 47.0 Å². The summed E-state index contributed by atoms with van der Waals surface area (Å²) in [5.41, 5.74) is -0.574. The van der Waals surface area contributed by atoms with Gasteiger partial charge < -0.3 is 9.16 Å². The lowest BCUT2D eigenvalue weighted by Crippen LogP contribution is -2.41. The molecule has 22 heavy (non-hydrogen) atoms. The van der Waals surface area contributed by atoms with Crippen molar-refractivity contribution >= 4 is 14.3 Å². The van der Waals surface area contributed by atoms with E-state index in [-0.39, 0.29) is 16.9 Å². The Kier molecular flexibility index (Phi) is 5.86. The molecule has 0 radical (unpaired) electrons. The first-order valence-corrected chi connectivity index (χ1v) is 10.9. The van der Waals surface area contributed by atoms with Crippen LogP contribution in [0.25, 0.3) is 0 Å². The van der Waals surface area contributed by atoms with E-state index < -0.39 is 13.7 Å². The Hall–Kier alpha value is -1.28. The van der Waals surface area contributed by atoms with Crippen LogP contribution < -0.4 is 0 Å². The highest BCUT2D eigenvalue weighted by molar-refractivity contribution is 6.74. The van der Waals surface area contributed by atoms with E-state index in [9.17, 15) is 10.1 Å². The summed E-state index contributed by atoms with van der Waals surface area (Å²) in [4.78, 5) is 11.6. The summed E-state index contributed by atoms with van der Waals surface area (Å²) in [7, 11) is -1.86. The first kappa shape index (κ1) is 18.8. The first-order valence-electron chi connectivity index (χ1n) is 8.00. The average Bonchev–Trinajstić information content (AvgIpc) is 2.39. The number of esters is 1. The minimum absolute atomic E-state index is 0.0378. The van der Waals surface area contributed by atoms with Gasteiger partial charge in [0.15, 0.2) is 0 Å². The summed E-state index contributed by atoms with van der Waals surface area (Å²) in [5, 5.41) is 9.67. The topological polar surface area (TPSA) is 59.3 Å². The molecule has 1 saturated carbocycles. The Morgan fingerprint density at radius 2 is 2.09 bits per heavy atom. The highest BCUT2D eigenvalue weighted by atomic mass is 28.4. The number of nitriles is 1. The van der Waals surface area contributed by atoms with Crippen LogP contribution in [0.4, 0.5) is 0 Å². The summed E-state index contributed by atoms with van der Waals surface area (Å²) in [6.07, 6.45) is 5.55. The highest BCUT2D eigenvalue weighted by Gasteiger charge is 2.47. The van der Waals surface area contributed by atoms with Gasteiger partial charge in [-0.25, -0.2) is 0 Å². The monoisotopic (exact) mass is 323 g/mol. The summed E-state index contributed by atoms with van der Waals surface area (Å²) in [6, 6.07) is 2.38. The molecule has 0 aromatic carbocycles.